The van der Waals surface area contributed by atoms with Gasteiger partial charge < -0.3 is 10.1 Å². The molecule has 172 valence electrons. The molecule has 4 aromatic carbocycles. The molecule has 0 amide bonds. The van der Waals surface area contributed by atoms with Gasteiger partial charge in [-0.2, -0.15) is 0 Å². The highest BCUT2D eigenvalue weighted by Crippen LogP contribution is 2.49. The van der Waals surface area contributed by atoms with E-state index in [1.165, 1.54) is 16.8 Å². The van der Waals surface area contributed by atoms with Gasteiger partial charge in [0, 0.05) is 23.4 Å². The summed E-state index contributed by atoms with van der Waals surface area (Å²) >= 11 is 0. The zero-order chi connectivity index (χ0) is 23.5. The second kappa shape index (κ2) is 9.63. The van der Waals surface area contributed by atoms with Crippen molar-refractivity contribution in [3.63, 3.8) is 0 Å². The van der Waals surface area contributed by atoms with E-state index in [2.05, 4.69) is 78.1 Å². The summed E-state index contributed by atoms with van der Waals surface area (Å²) in [6.45, 7) is 0.537. The lowest BCUT2D eigenvalue weighted by Crippen LogP contribution is -2.28. The summed E-state index contributed by atoms with van der Waals surface area (Å²) in [5.41, 5.74) is 7.02. The number of allylic oxidation sites excluding steroid dienone is 2. The summed E-state index contributed by atoms with van der Waals surface area (Å²) in [4.78, 5) is 4.74. The van der Waals surface area contributed by atoms with Crippen LogP contribution in [0.3, 0.4) is 0 Å². The minimum absolute atomic E-state index is 0.301. The summed E-state index contributed by atoms with van der Waals surface area (Å²) < 4.78 is 6.07. The molecule has 2 aliphatic rings. The van der Waals surface area contributed by atoms with Crippen molar-refractivity contribution in [2.24, 2.45) is 10.9 Å². The number of nitrogens with zero attached hydrogens (tertiary/aromatic N) is 1. The van der Waals surface area contributed by atoms with Crippen LogP contribution in [0.15, 0.2) is 120 Å². The van der Waals surface area contributed by atoms with Crippen LogP contribution in [0.1, 0.15) is 40.6 Å². The first kappa shape index (κ1) is 21.4. The van der Waals surface area contributed by atoms with Crippen LogP contribution in [0, 0.1) is 5.92 Å². The average molecular weight is 457 g/mol. The number of anilines is 1. The molecular weight excluding hydrogens is 428 g/mol. The van der Waals surface area contributed by atoms with Crippen LogP contribution in [-0.4, -0.2) is 6.21 Å². The van der Waals surface area contributed by atoms with Crippen molar-refractivity contribution < 1.29 is 4.74 Å². The van der Waals surface area contributed by atoms with E-state index in [1.54, 1.807) is 0 Å². The minimum atomic E-state index is 0.301. The molecule has 1 aliphatic heterocycles. The lowest BCUT2D eigenvalue weighted by atomic mass is 9.77. The molecule has 1 heterocycles. The Bertz CT molecular complexity index is 1360. The molecule has 35 heavy (non-hydrogen) atoms. The first-order valence-corrected chi connectivity index (χ1v) is 12.3. The van der Waals surface area contributed by atoms with Crippen molar-refractivity contribution in [1.82, 2.24) is 0 Å². The van der Waals surface area contributed by atoms with Crippen LogP contribution >= 0.6 is 0 Å². The van der Waals surface area contributed by atoms with E-state index in [0.29, 0.717) is 24.5 Å². The highest BCUT2D eigenvalue weighted by atomic mass is 16.5. The van der Waals surface area contributed by atoms with Crippen molar-refractivity contribution in [2.75, 3.05) is 5.32 Å². The zero-order valence-electron chi connectivity index (χ0n) is 19.5. The largest absolute Gasteiger partial charge is 0.488 e. The number of nitrogens with one attached hydrogen (secondary N) is 1. The summed E-state index contributed by atoms with van der Waals surface area (Å²) in [6, 6.07) is 35.9. The van der Waals surface area contributed by atoms with Crippen LogP contribution in [0.5, 0.6) is 5.75 Å². The number of ether oxygens (including phenoxy) is 1. The van der Waals surface area contributed by atoms with Crippen LogP contribution in [0.25, 0.3) is 0 Å². The van der Waals surface area contributed by atoms with E-state index in [0.717, 1.165) is 29.0 Å². The van der Waals surface area contributed by atoms with Crippen molar-refractivity contribution in [3.05, 3.63) is 138 Å². The standard InChI is InChI=1S/C32H28N2O/c1-2-9-23(10-3-1)22-35-31-16-7-4-11-25(31)21-33-26-19-17-24(18-20-26)32-29-14-8-13-27(29)28-12-5-6-15-30(28)34-32/h1-13,15-21,27,29,32,34H,14,22H2/t27-,29-,32+/m1/s1. The molecule has 0 saturated carbocycles. The summed E-state index contributed by atoms with van der Waals surface area (Å²) in [5.74, 6) is 1.87. The zero-order valence-corrected chi connectivity index (χ0v) is 19.5. The molecule has 3 atom stereocenters. The predicted molar refractivity (Wildman–Crippen MR) is 144 cm³/mol. The smallest absolute Gasteiger partial charge is 0.128 e. The quantitative estimate of drug-likeness (QED) is 0.237. The van der Waals surface area contributed by atoms with Crippen molar-refractivity contribution in [2.45, 2.75) is 25.0 Å². The summed E-state index contributed by atoms with van der Waals surface area (Å²) in [7, 11) is 0. The van der Waals surface area contributed by atoms with Gasteiger partial charge in [0.15, 0.2) is 0 Å². The third kappa shape index (κ3) is 4.50. The number of hydrogen-bond acceptors (Lipinski definition) is 3. The average Bonchev–Trinajstić information content (AvgIpc) is 3.42. The number of fused-ring (bicyclic) bond motifs is 3. The molecule has 0 bridgehead atoms. The first-order chi connectivity index (χ1) is 17.3. The maximum Gasteiger partial charge on any atom is 0.128 e. The van der Waals surface area contributed by atoms with E-state index in [-0.39, 0.29) is 0 Å². The lowest BCUT2D eigenvalue weighted by molar-refractivity contribution is 0.306. The number of para-hydroxylation sites is 2. The Morgan fingerprint density at radius 1 is 0.829 bits per heavy atom. The van der Waals surface area contributed by atoms with E-state index >= 15 is 0 Å². The number of aliphatic imine (C=N–C) groups is 1. The molecule has 0 radical (unpaired) electrons. The first-order valence-electron chi connectivity index (χ1n) is 12.3. The Morgan fingerprint density at radius 3 is 2.49 bits per heavy atom. The monoisotopic (exact) mass is 456 g/mol. The molecule has 3 nitrogen and oxygen atoms in total. The van der Waals surface area contributed by atoms with E-state index in [9.17, 15) is 0 Å². The Kier molecular flexibility index (Phi) is 5.90. The van der Waals surface area contributed by atoms with E-state index in [4.69, 9.17) is 9.73 Å². The summed E-state index contributed by atoms with van der Waals surface area (Å²) in [5, 5.41) is 3.80. The molecule has 4 aromatic rings. The highest BCUT2D eigenvalue weighted by molar-refractivity contribution is 5.85. The molecule has 0 unspecified atom stereocenters. The van der Waals surface area contributed by atoms with Gasteiger partial charge in [-0.15, -0.1) is 0 Å². The van der Waals surface area contributed by atoms with Gasteiger partial charge in [-0.1, -0.05) is 84.9 Å². The van der Waals surface area contributed by atoms with Crippen LogP contribution in [0.4, 0.5) is 11.4 Å². The third-order valence-corrected chi connectivity index (χ3v) is 7.03. The fraction of sp³-hybridized carbons (Fsp3) is 0.156. The van der Waals surface area contributed by atoms with Gasteiger partial charge in [-0.05, 0) is 59.4 Å². The molecule has 1 aliphatic carbocycles. The van der Waals surface area contributed by atoms with Gasteiger partial charge in [-0.3, -0.25) is 4.99 Å². The van der Waals surface area contributed by atoms with Gasteiger partial charge in [0.2, 0.25) is 0 Å². The van der Waals surface area contributed by atoms with Crippen LogP contribution in [0.2, 0.25) is 0 Å². The maximum absolute atomic E-state index is 6.07. The van der Waals surface area contributed by atoms with Gasteiger partial charge in [-0.25, -0.2) is 0 Å². The molecule has 0 spiro atoms. The second-order valence-corrected chi connectivity index (χ2v) is 9.22. The fourth-order valence-corrected chi connectivity index (χ4v) is 5.24. The molecule has 0 fully saturated rings. The third-order valence-electron chi connectivity index (χ3n) is 7.03. The van der Waals surface area contributed by atoms with Crippen molar-refractivity contribution >= 4 is 17.6 Å². The van der Waals surface area contributed by atoms with E-state index in [1.807, 2.05) is 48.7 Å². The van der Waals surface area contributed by atoms with Crippen LogP contribution in [-0.2, 0) is 6.61 Å². The summed E-state index contributed by atoms with van der Waals surface area (Å²) in [6.07, 6.45) is 7.72. The highest BCUT2D eigenvalue weighted by Gasteiger charge is 2.37. The SMILES string of the molecule is C1=C[C@@H]2c3ccccc3N[C@@H](c3ccc(N=Cc4ccccc4OCc4ccccc4)cc3)[C@@H]2C1. The van der Waals surface area contributed by atoms with Crippen molar-refractivity contribution in [1.29, 1.82) is 0 Å². The van der Waals surface area contributed by atoms with Gasteiger partial charge in [0.1, 0.15) is 12.4 Å². The maximum atomic E-state index is 6.07. The molecule has 1 N–H and O–H groups in total. The normalized spacial score (nSPS) is 20.3. The molecule has 0 saturated heterocycles. The van der Waals surface area contributed by atoms with Crippen LogP contribution < -0.4 is 10.1 Å². The predicted octanol–water partition coefficient (Wildman–Crippen LogP) is 7.84. The topological polar surface area (TPSA) is 33.6 Å². The number of hydrogen-bond donors (Lipinski definition) is 1. The van der Waals surface area contributed by atoms with Gasteiger partial charge in [0.05, 0.1) is 11.7 Å². The molecular formula is C32H28N2O. The molecule has 3 heteroatoms. The Hall–Kier alpha value is -4.11. The van der Waals surface area contributed by atoms with Gasteiger partial charge in [0.25, 0.3) is 0 Å². The molecule has 0 aromatic heterocycles. The number of rotatable bonds is 6. The molecule has 6 rings (SSSR count). The van der Waals surface area contributed by atoms with Crippen molar-refractivity contribution in [3.8, 4) is 5.75 Å². The van der Waals surface area contributed by atoms with E-state index < -0.39 is 0 Å². The van der Waals surface area contributed by atoms with Gasteiger partial charge >= 0.3 is 0 Å². The fourth-order valence-electron chi connectivity index (χ4n) is 5.24. The second-order valence-electron chi connectivity index (χ2n) is 9.22. The minimum Gasteiger partial charge on any atom is -0.488 e. The Morgan fingerprint density at radius 2 is 1.60 bits per heavy atom. The Labute approximate surface area is 206 Å². The Balaban J connectivity index is 1.18. The number of benzene rings is 4. The lowest BCUT2D eigenvalue weighted by Gasteiger charge is -2.37.